The second kappa shape index (κ2) is 6.81. The first-order valence-corrected chi connectivity index (χ1v) is 6.49. The average Bonchev–Trinajstić information content (AvgIpc) is 2.43. The summed E-state index contributed by atoms with van der Waals surface area (Å²) in [6.45, 7) is 5.57. The van der Waals surface area contributed by atoms with Gasteiger partial charge in [0.2, 0.25) is 0 Å². The Balaban J connectivity index is 0.00000112. The van der Waals surface area contributed by atoms with Gasteiger partial charge in [-0.3, -0.25) is 4.90 Å². The molecule has 1 aromatic rings. The molecule has 6 heteroatoms. The highest BCUT2D eigenvalue weighted by atomic mass is 79.9. The van der Waals surface area contributed by atoms with Crippen molar-refractivity contribution in [3.05, 3.63) is 15.0 Å². The molecule has 0 atom stereocenters. The molecule has 0 aromatic carbocycles. The van der Waals surface area contributed by atoms with E-state index >= 15 is 0 Å². The van der Waals surface area contributed by atoms with Gasteiger partial charge in [0, 0.05) is 13.1 Å². The molecule has 2 heterocycles. The fraction of sp³-hybridized carbons (Fsp3) is 0.667. The van der Waals surface area contributed by atoms with Gasteiger partial charge in [-0.25, -0.2) is 4.98 Å². The lowest BCUT2D eigenvalue weighted by molar-refractivity contribution is 0.284. The summed E-state index contributed by atoms with van der Waals surface area (Å²) >= 11 is 5.17. The van der Waals surface area contributed by atoms with Crippen LogP contribution in [0.5, 0.6) is 0 Å². The summed E-state index contributed by atoms with van der Waals surface area (Å²) in [6, 6.07) is 0. The van der Waals surface area contributed by atoms with E-state index in [0.29, 0.717) is 0 Å². The molecule has 3 nitrogen and oxygen atoms in total. The maximum absolute atomic E-state index is 4.35. The quantitative estimate of drug-likeness (QED) is 0.907. The zero-order chi connectivity index (χ0) is 9.80. The summed E-state index contributed by atoms with van der Waals surface area (Å²) in [4.78, 5) is 6.81. The number of hydrogen-bond donors (Lipinski definition) is 1. The molecule has 15 heavy (non-hydrogen) atoms. The van der Waals surface area contributed by atoms with Crippen LogP contribution < -0.4 is 5.32 Å². The molecule has 0 unspecified atom stereocenters. The van der Waals surface area contributed by atoms with E-state index in [1.165, 1.54) is 18.0 Å². The van der Waals surface area contributed by atoms with E-state index in [0.717, 1.165) is 30.0 Å². The van der Waals surface area contributed by atoms with E-state index in [4.69, 9.17) is 0 Å². The van der Waals surface area contributed by atoms with Crippen LogP contribution in [0.4, 0.5) is 0 Å². The Morgan fingerprint density at radius 3 is 3.07 bits per heavy atom. The highest BCUT2D eigenvalue weighted by Gasteiger charge is 2.10. The number of rotatable bonds is 2. The molecule has 1 aliphatic rings. The molecular weight excluding hydrogens is 298 g/mol. The van der Waals surface area contributed by atoms with Gasteiger partial charge in [0.05, 0.1) is 16.5 Å². The van der Waals surface area contributed by atoms with Gasteiger partial charge in [-0.1, -0.05) is 0 Å². The van der Waals surface area contributed by atoms with Crippen LogP contribution in [0.3, 0.4) is 0 Å². The van der Waals surface area contributed by atoms with Gasteiger partial charge in [0.1, 0.15) is 5.01 Å². The fourth-order valence-corrected chi connectivity index (χ4v) is 2.96. The van der Waals surface area contributed by atoms with Crippen LogP contribution in [0.15, 0.2) is 9.98 Å². The number of nitrogens with one attached hydrogen (secondary N) is 1. The SMILES string of the molecule is Brc1cnc(CN2CCCNCC2)s1.Cl. The zero-order valence-corrected chi connectivity index (χ0v) is 11.6. The van der Waals surface area contributed by atoms with Crippen molar-refractivity contribution >= 4 is 39.7 Å². The van der Waals surface area contributed by atoms with E-state index < -0.39 is 0 Å². The van der Waals surface area contributed by atoms with E-state index in [-0.39, 0.29) is 12.4 Å². The zero-order valence-electron chi connectivity index (χ0n) is 8.41. The van der Waals surface area contributed by atoms with Crippen molar-refractivity contribution < 1.29 is 0 Å². The number of thiazole rings is 1. The first kappa shape index (κ1) is 13.4. The predicted octanol–water partition coefficient (Wildman–Crippen LogP) is 2.12. The van der Waals surface area contributed by atoms with Crippen molar-refractivity contribution in [2.75, 3.05) is 26.2 Å². The lowest BCUT2D eigenvalue weighted by Crippen LogP contribution is -2.27. The molecular formula is C9H15BrClN3S. The Morgan fingerprint density at radius 2 is 2.33 bits per heavy atom. The van der Waals surface area contributed by atoms with Crippen LogP contribution in [-0.4, -0.2) is 36.1 Å². The van der Waals surface area contributed by atoms with Gasteiger partial charge in [-0.2, -0.15) is 0 Å². The smallest absolute Gasteiger partial charge is 0.108 e. The maximum atomic E-state index is 4.35. The molecule has 0 bridgehead atoms. The van der Waals surface area contributed by atoms with Crippen molar-refractivity contribution in [1.29, 1.82) is 0 Å². The molecule has 1 fully saturated rings. The van der Waals surface area contributed by atoms with Crippen molar-refractivity contribution in [3.8, 4) is 0 Å². The van der Waals surface area contributed by atoms with Crippen molar-refractivity contribution in [2.24, 2.45) is 0 Å². The van der Waals surface area contributed by atoms with Crippen LogP contribution in [0.2, 0.25) is 0 Å². The molecule has 1 aromatic heterocycles. The minimum atomic E-state index is 0. The Kier molecular flexibility index (Phi) is 6.07. The van der Waals surface area contributed by atoms with Crippen LogP contribution in [0.1, 0.15) is 11.4 Å². The third-order valence-electron chi connectivity index (χ3n) is 2.32. The fourth-order valence-electron chi connectivity index (χ4n) is 1.61. The summed E-state index contributed by atoms with van der Waals surface area (Å²) in [7, 11) is 0. The second-order valence-electron chi connectivity index (χ2n) is 3.44. The van der Waals surface area contributed by atoms with Crippen molar-refractivity contribution in [3.63, 3.8) is 0 Å². The third kappa shape index (κ3) is 4.36. The van der Waals surface area contributed by atoms with E-state index in [2.05, 4.69) is 31.1 Å². The molecule has 0 amide bonds. The lowest BCUT2D eigenvalue weighted by Gasteiger charge is -2.17. The van der Waals surface area contributed by atoms with Gasteiger partial charge in [-0.15, -0.1) is 23.7 Å². The molecule has 86 valence electrons. The Hall–Kier alpha value is 0.320. The first-order valence-electron chi connectivity index (χ1n) is 4.88. The summed E-state index contributed by atoms with van der Waals surface area (Å²) in [5, 5.41) is 4.61. The third-order valence-corrected chi connectivity index (χ3v) is 3.78. The molecule has 0 saturated carbocycles. The molecule has 1 N–H and O–H groups in total. The molecule has 2 rings (SSSR count). The molecule has 0 aliphatic carbocycles. The van der Waals surface area contributed by atoms with Gasteiger partial charge in [-0.05, 0) is 35.4 Å². The number of aromatic nitrogens is 1. The highest BCUT2D eigenvalue weighted by Crippen LogP contribution is 2.20. The van der Waals surface area contributed by atoms with Gasteiger partial charge < -0.3 is 5.32 Å². The first-order chi connectivity index (χ1) is 6.84. The lowest BCUT2D eigenvalue weighted by atomic mass is 10.4. The van der Waals surface area contributed by atoms with Crippen molar-refractivity contribution in [2.45, 2.75) is 13.0 Å². The summed E-state index contributed by atoms with van der Waals surface area (Å²) < 4.78 is 1.13. The minimum absolute atomic E-state index is 0. The largest absolute Gasteiger partial charge is 0.315 e. The topological polar surface area (TPSA) is 28.2 Å². The van der Waals surface area contributed by atoms with Gasteiger partial charge in [0.25, 0.3) is 0 Å². The van der Waals surface area contributed by atoms with Crippen LogP contribution in [0.25, 0.3) is 0 Å². The van der Waals surface area contributed by atoms with Crippen LogP contribution in [0, 0.1) is 0 Å². The highest BCUT2D eigenvalue weighted by molar-refractivity contribution is 9.11. The van der Waals surface area contributed by atoms with Crippen LogP contribution >= 0.6 is 39.7 Å². The predicted molar refractivity (Wildman–Crippen MR) is 69.8 cm³/mol. The van der Waals surface area contributed by atoms with Crippen LogP contribution in [-0.2, 0) is 6.54 Å². The molecule has 1 aliphatic heterocycles. The Labute approximate surface area is 109 Å². The summed E-state index contributed by atoms with van der Waals surface area (Å²) in [5.74, 6) is 0. The standard InChI is InChI=1S/C9H14BrN3S.ClH/c10-8-6-12-9(14-8)7-13-4-1-2-11-3-5-13;/h6,11H,1-5,7H2;1H. The molecule has 1 saturated heterocycles. The summed E-state index contributed by atoms with van der Waals surface area (Å²) in [5.41, 5.74) is 0. The maximum Gasteiger partial charge on any atom is 0.108 e. The van der Waals surface area contributed by atoms with Crippen molar-refractivity contribution in [1.82, 2.24) is 15.2 Å². The van der Waals surface area contributed by atoms with E-state index in [1.807, 2.05) is 6.20 Å². The average molecular weight is 313 g/mol. The second-order valence-corrected chi connectivity index (χ2v) is 5.93. The number of hydrogen-bond acceptors (Lipinski definition) is 4. The normalized spacial score (nSPS) is 18.2. The summed E-state index contributed by atoms with van der Waals surface area (Å²) in [6.07, 6.45) is 3.13. The van der Waals surface area contributed by atoms with E-state index in [1.54, 1.807) is 11.3 Å². The van der Waals surface area contributed by atoms with Gasteiger partial charge in [0.15, 0.2) is 0 Å². The Bertz CT molecular complexity index is 287. The Morgan fingerprint density at radius 1 is 1.47 bits per heavy atom. The number of halogens is 2. The monoisotopic (exact) mass is 311 g/mol. The minimum Gasteiger partial charge on any atom is -0.315 e. The molecule has 0 radical (unpaired) electrons. The van der Waals surface area contributed by atoms with Gasteiger partial charge >= 0.3 is 0 Å². The van der Waals surface area contributed by atoms with E-state index in [9.17, 15) is 0 Å². The molecule has 0 spiro atoms. The number of nitrogens with zero attached hydrogens (tertiary/aromatic N) is 2.